The van der Waals surface area contributed by atoms with Gasteiger partial charge in [0.25, 0.3) is 0 Å². The lowest BCUT2D eigenvalue weighted by molar-refractivity contribution is 0.533. The second-order valence-electron chi connectivity index (χ2n) is 9.43. The van der Waals surface area contributed by atoms with Crippen molar-refractivity contribution < 1.29 is 0 Å². The Morgan fingerprint density at radius 1 is 0.516 bits per heavy atom. The molecule has 0 aliphatic carbocycles. The number of allylic oxidation sites excluding steroid dienone is 2. The van der Waals surface area contributed by atoms with Crippen molar-refractivity contribution in [3.05, 3.63) is 60.2 Å². The molecule has 0 fully saturated rings. The van der Waals surface area contributed by atoms with Crippen LogP contribution in [0.3, 0.4) is 0 Å². The molecule has 0 heterocycles. The number of benzene rings is 2. The van der Waals surface area contributed by atoms with Crippen LogP contribution in [-0.4, -0.2) is 0 Å². The van der Waals surface area contributed by atoms with Crippen molar-refractivity contribution in [3.8, 4) is 0 Å². The number of fused-ring (bicyclic) bond motifs is 1. The topological polar surface area (TPSA) is 0 Å². The van der Waals surface area contributed by atoms with Gasteiger partial charge in [-0.3, -0.25) is 0 Å². The maximum absolute atomic E-state index is 2.38. The molecule has 0 amide bonds. The van der Waals surface area contributed by atoms with E-state index < -0.39 is 0 Å². The summed E-state index contributed by atoms with van der Waals surface area (Å²) in [5.41, 5.74) is 1.50. The summed E-state index contributed by atoms with van der Waals surface area (Å²) in [6, 6.07) is 15.7. The van der Waals surface area contributed by atoms with Crippen LogP contribution in [0.25, 0.3) is 10.8 Å². The summed E-state index contributed by atoms with van der Waals surface area (Å²) in [5, 5.41) is 2.74. The average Bonchev–Trinajstić information content (AvgIpc) is 2.80. The quantitative estimate of drug-likeness (QED) is 0.156. The van der Waals surface area contributed by atoms with Crippen LogP contribution < -0.4 is 0 Å². The van der Waals surface area contributed by atoms with Gasteiger partial charge < -0.3 is 0 Å². The van der Waals surface area contributed by atoms with Gasteiger partial charge in [0.05, 0.1) is 0 Å². The first-order chi connectivity index (χ1) is 15.4. The van der Waals surface area contributed by atoms with Crippen LogP contribution in [0.1, 0.15) is 122 Å². The maximum atomic E-state index is 2.38. The van der Waals surface area contributed by atoms with E-state index in [0.717, 1.165) is 0 Å². The zero-order chi connectivity index (χ0) is 21.8. The highest BCUT2D eigenvalue weighted by Gasteiger charge is 1.98. The van der Waals surface area contributed by atoms with Gasteiger partial charge in [0, 0.05) is 0 Å². The molecule has 0 saturated heterocycles. The molecule has 0 aliphatic rings. The Hall–Kier alpha value is -1.56. The molecule has 172 valence electrons. The minimum absolute atomic E-state index is 1.24. The molecule has 0 atom stereocenters. The molecule has 0 spiro atoms. The molecule has 0 N–H and O–H groups in total. The molecule has 2 aromatic carbocycles. The van der Waals surface area contributed by atoms with E-state index in [4.69, 9.17) is 0 Å². The summed E-state index contributed by atoms with van der Waals surface area (Å²) in [5.74, 6) is 0. The lowest BCUT2D eigenvalue weighted by Crippen LogP contribution is -1.87. The summed E-state index contributed by atoms with van der Waals surface area (Å²) in [7, 11) is 0. The van der Waals surface area contributed by atoms with Crippen molar-refractivity contribution in [3.63, 3.8) is 0 Å². The Morgan fingerprint density at radius 2 is 1.03 bits per heavy atom. The van der Waals surface area contributed by atoms with Gasteiger partial charge in [-0.25, -0.2) is 0 Å². The third-order valence-electron chi connectivity index (χ3n) is 6.52. The summed E-state index contributed by atoms with van der Waals surface area (Å²) in [4.78, 5) is 0. The van der Waals surface area contributed by atoms with Crippen molar-refractivity contribution in [2.24, 2.45) is 0 Å². The van der Waals surface area contributed by atoms with E-state index in [1.54, 1.807) is 0 Å². The second kappa shape index (κ2) is 18.1. The highest BCUT2D eigenvalue weighted by atomic mass is 14.0. The van der Waals surface area contributed by atoms with Crippen molar-refractivity contribution >= 4 is 10.8 Å². The van der Waals surface area contributed by atoms with Crippen LogP contribution in [0.5, 0.6) is 0 Å². The Labute approximate surface area is 193 Å². The molecule has 0 nitrogen and oxygen atoms in total. The summed E-state index contributed by atoms with van der Waals surface area (Å²) < 4.78 is 0. The molecule has 0 radical (unpaired) electrons. The minimum Gasteiger partial charge on any atom is -0.0885 e. The van der Waals surface area contributed by atoms with Crippen molar-refractivity contribution in [1.82, 2.24) is 0 Å². The van der Waals surface area contributed by atoms with Gasteiger partial charge >= 0.3 is 0 Å². The van der Waals surface area contributed by atoms with Crippen molar-refractivity contribution in [1.29, 1.82) is 0 Å². The highest BCUT2D eigenvalue weighted by molar-refractivity contribution is 5.82. The summed E-state index contributed by atoms with van der Waals surface area (Å²) in [6.07, 6.45) is 29.8. The Morgan fingerprint density at radius 3 is 1.65 bits per heavy atom. The molecule has 0 unspecified atom stereocenters. The van der Waals surface area contributed by atoms with Gasteiger partial charge in [-0.2, -0.15) is 0 Å². The average molecular weight is 421 g/mol. The smallest absolute Gasteiger partial charge is 0.0181 e. The predicted molar refractivity (Wildman–Crippen MR) is 141 cm³/mol. The number of aryl methyl sites for hydroxylation is 1. The van der Waals surface area contributed by atoms with Gasteiger partial charge in [0.15, 0.2) is 0 Å². The van der Waals surface area contributed by atoms with Crippen LogP contribution in [0.2, 0.25) is 0 Å². The van der Waals surface area contributed by atoms with Gasteiger partial charge in [-0.05, 0) is 48.4 Å². The highest BCUT2D eigenvalue weighted by Crippen LogP contribution is 2.18. The molecule has 0 aliphatic heterocycles. The Bertz CT molecular complexity index is 696. The monoisotopic (exact) mass is 420 g/mol. The first-order valence-corrected chi connectivity index (χ1v) is 13.5. The molecule has 0 aromatic heterocycles. The lowest BCUT2D eigenvalue weighted by Gasteiger charge is -2.05. The molecule has 31 heavy (non-hydrogen) atoms. The number of hydrogen-bond donors (Lipinski definition) is 0. The van der Waals surface area contributed by atoms with E-state index in [2.05, 4.69) is 61.5 Å². The second-order valence-corrected chi connectivity index (χ2v) is 9.43. The fourth-order valence-electron chi connectivity index (χ4n) is 4.51. The molecular weight excluding hydrogens is 372 g/mol. The fourth-order valence-corrected chi connectivity index (χ4v) is 4.51. The zero-order valence-corrected chi connectivity index (χ0v) is 20.4. The van der Waals surface area contributed by atoms with E-state index in [0.29, 0.717) is 0 Å². The Balaban J connectivity index is 1.31. The van der Waals surface area contributed by atoms with Crippen molar-refractivity contribution in [2.75, 3.05) is 0 Å². The van der Waals surface area contributed by atoms with E-state index in [1.165, 1.54) is 132 Å². The van der Waals surface area contributed by atoms with Crippen LogP contribution >= 0.6 is 0 Å². The molecule has 0 heteroatoms. The largest absolute Gasteiger partial charge is 0.0885 e. The molecular formula is C31H48. The Kier molecular flexibility index (Phi) is 15.0. The van der Waals surface area contributed by atoms with Gasteiger partial charge in [0.1, 0.15) is 0 Å². The predicted octanol–water partition coefficient (Wildman–Crippen LogP) is 10.6. The van der Waals surface area contributed by atoms with Crippen LogP contribution in [0.4, 0.5) is 0 Å². The zero-order valence-electron chi connectivity index (χ0n) is 20.4. The standard InChI is InChI=1S/C31H48/c1-2-3-4-5-6-7-8-9-10-11-12-13-14-15-16-17-18-19-20-23-29-26-27-30-24-21-22-25-31(30)28-29/h4-5,21-22,24-28H,2-3,6-20,23H2,1H3/b5-4+. The molecule has 0 saturated carbocycles. The van der Waals surface area contributed by atoms with E-state index >= 15 is 0 Å². The van der Waals surface area contributed by atoms with Gasteiger partial charge in [0.2, 0.25) is 0 Å². The first-order valence-electron chi connectivity index (χ1n) is 13.5. The first kappa shape index (κ1) is 25.7. The fraction of sp³-hybridized carbons (Fsp3) is 0.613. The third kappa shape index (κ3) is 12.8. The van der Waals surface area contributed by atoms with Crippen LogP contribution in [0.15, 0.2) is 54.6 Å². The SMILES string of the molecule is CCC/C=C/CCCCCCCCCCCCCCCCc1ccc2ccccc2c1. The number of unbranched alkanes of at least 4 members (excludes halogenated alkanes) is 15. The van der Waals surface area contributed by atoms with Gasteiger partial charge in [-0.1, -0.05) is 145 Å². The number of rotatable bonds is 19. The van der Waals surface area contributed by atoms with Crippen molar-refractivity contribution in [2.45, 2.75) is 122 Å². The molecule has 2 aromatic rings. The summed E-state index contributed by atoms with van der Waals surface area (Å²) in [6.45, 7) is 2.25. The third-order valence-corrected chi connectivity index (χ3v) is 6.52. The van der Waals surface area contributed by atoms with E-state index in [9.17, 15) is 0 Å². The number of hydrogen-bond acceptors (Lipinski definition) is 0. The molecule has 0 bridgehead atoms. The van der Waals surface area contributed by atoms with Crippen LogP contribution in [0, 0.1) is 0 Å². The van der Waals surface area contributed by atoms with E-state index in [1.807, 2.05) is 0 Å². The normalized spacial score (nSPS) is 11.6. The van der Waals surface area contributed by atoms with Gasteiger partial charge in [-0.15, -0.1) is 0 Å². The molecule has 2 rings (SSSR count). The summed E-state index contributed by atoms with van der Waals surface area (Å²) >= 11 is 0. The minimum atomic E-state index is 1.24. The van der Waals surface area contributed by atoms with E-state index in [-0.39, 0.29) is 0 Å². The lowest BCUT2D eigenvalue weighted by atomic mass is 10.0. The van der Waals surface area contributed by atoms with Crippen LogP contribution in [-0.2, 0) is 6.42 Å². The maximum Gasteiger partial charge on any atom is -0.0181 e.